The third-order valence-electron chi connectivity index (χ3n) is 2.43. The zero-order valence-electron chi connectivity index (χ0n) is 8.10. The number of nitrogens with zero attached hydrogens (tertiary/aromatic N) is 1. The van der Waals surface area contributed by atoms with Crippen molar-refractivity contribution < 1.29 is 19.4 Å². The molecule has 0 aliphatic carbocycles. The van der Waals surface area contributed by atoms with Gasteiger partial charge >= 0.3 is 5.97 Å². The molecule has 0 spiro atoms. The molecular weight excluding hydrogens is 198 g/mol. The summed E-state index contributed by atoms with van der Waals surface area (Å²) in [4.78, 5) is 10.8. The van der Waals surface area contributed by atoms with Gasteiger partial charge in [0, 0.05) is 0 Å². The predicted molar refractivity (Wildman–Crippen MR) is 49.0 cm³/mol. The van der Waals surface area contributed by atoms with Crippen LogP contribution < -0.4 is 0 Å². The van der Waals surface area contributed by atoms with Crippen LogP contribution in [0, 0.1) is 11.3 Å². The van der Waals surface area contributed by atoms with Crippen LogP contribution in [0.3, 0.4) is 0 Å². The number of hydrogen-bond donors (Lipinski definition) is 1. The van der Waals surface area contributed by atoms with Crippen molar-refractivity contribution in [2.75, 3.05) is 13.2 Å². The number of ether oxygens (including phenoxy) is 2. The van der Waals surface area contributed by atoms with E-state index in [0.717, 1.165) is 0 Å². The molecule has 1 N–H and O–H groups in total. The Morgan fingerprint density at radius 3 is 2.07 bits per heavy atom. The summed E-state index contributed by atoms with van der Waals surface area (Å²) in [6.45, 7) is 1.32. The number of nitriles is 1. The van der Waals surface area contributed by atoms with Gasteiger partial charge in [-0.15, -0.1) is 0 Å². The summed E-state index contributed by atoms with van der Waals surface area (Å²) in [5.41, 5.74) is 0.496. The maximum Gasteiger partial charge on any atom is 0.346 e. The van der Waals surface area contributed by atoms with Gasteiger partial charge in [0.1, 0.15) is 11.6 Å². The minimum absolute atomic E-state index is 0.0986. The second kappa shape index (κ2) is 4.01. The Balaban J connectivity index is 2.11. The molecule has 2 aliphatic heterocycles. The van der Waals surface area contributed by atoms with Crippen LogP contribution in [0.1, 0.15) is 12.8 Å². The first-order valence-corrected chi connectivity index (χ1v) is 4.79. The number of hydrogen-bond acceptors (Lipinski definition) is 4. The Bertz CT molecular complexity index is 331. The molecule has 5 nitrogen and oxygen atoms in total. The minimum atomic E-state index is -1.16. The molecule has 5 heteroatoms. The lowest BCUT2D eigenvalue weighted by molar-refractivity contribution is -0.132. The lowest BCUT2D eigenvalue weighted by Crippen LogP contribution is -2.07. The summed E-state index contributed by atoms with van der Waals surface area (Å²) in [6, 6.07) is 1.74. The molecule has 2 unspecified atom stereocenters. The van der Waals surface area contributed by atoms with Gasteiger partial charge in [-0.25, -0.2) is 4.79 Å². The Hall–Kier alpha value is -1.38. The van der Waals surface area contributed by atoms with Crippen LogP contribution in [-0.2, 0) is 14.3 Å². The van der Waals surface area contributed by atoms with E-state index < -0.39 is 5.97 Å². The van der Waals surface area contributed by atoms with Crippen molar-refractivity contribution in [1.29, 1.82) is 5.26 Å². The molecule has 0 amide bonds. The third-order valence-corrected chi connectivity index (χ3v) is 2.43. The number of aliphatic carboxylic acids is 1. The highest BCUT2D eigenvalue weighted by molar-refractivity contribution is 5.92. The highest BCUT2D eigenvalue weighted by Crippen LogP contribution is 2.28. The van der Waals surface area contributed by atoms with Crippen molar-refractivity contribution in [3.05, 3.63) is 11.1 Å². The van der Waals surface area contributed by atoms with Crippen molar-refractivity contribution in [3.8, 4) is 6.07 Å². The van der Waals surface area contributed by atoms with Gasteiger partial charge < -0.3 is 14.6 Å². The van der Waals surface area contributed by atoms with Gasteiger partial charge in [-0.3, -0.25) is 0 Å². The van der Waals surface area contributed by atoms with Gasteiger partial charge in [0.25, 0.3) is 0 Å². The quantitative estimate of drug-likeness (QED) is 0.404. The predicted octanol–water partition coefficient (Wildman–Crippen LogP) is 0.469. The van der Waals surface area contributed by atoms with Gasteiger partial charge in [-0.05, 0) is 18.4 Å². The fourth-order valence-corrected chi connectivity index (χ4v) is 1.49. The molecule has 2 heterocycles. The van der Waals surface area contributed by atoms with E-state index in [2.05, 4.69) is 0 Å². The Labute approximate surface area is 86.9 Å². The Kier molecular flexibility index (Phi) is 2.71. The first-order chi connectivity index (χ1) is 7.20. The lowest BCUT2D eigenvalue weighted by atomic mass is 9.99. The lowest BCUT2D eigenvalue weighted by Gasteiger charge is -2.04. The number of rotatable bonds is 5. The minimum Gasteiger partial charge on any atom is -0.477 e. The normalized spacial score (nSPS) is 26.6. The fourth-order valence-electron chi connectivity index (χ4n) is 1.49. The summed E-state index contributed by atoms with van der Waals surface area (Å²) in [7, 11) is 0. The van der Waals surface area contributed by atoms with Crippen molar-refractivity contribution >= 4 is 5.97 Å². The molecule has 15 heavy (non-hydrogen) atoms. The molecule has 0 radical (unpaired) electrons. The zero-order valence-corrected chi connectivity index (χ0v) is 8.10. The van der Waals surface area contributed by atoms with Crippen LogP contribution >= 0.6 is 0 Å². The smallest absolute Gasteiger partial charge is 0.346 e. The van der Waals surface area contributed by atoms with Gasteiger partial charge in [0.15, 0.2) is 0 Å². The average Bonchev–Trinajstić information content (AvgIpc) is 2.98. The standard InChI is InChI=1S/C10H11NO4/c11-3-9(10(12)13)6(1-7-4-14-7)2-8-5-15-8/h7-8H,1-2,4-5H2,(H,12,13). The molecule has 2 saturated heterocycles. The Morgan fingerprint density at radius 2 is 1.80 bits per heavy atom. The molecule has 80 valence electrons. The number of carboxylic acids is 1. The van der Waals surface area contributed by atoms with E-state index in [0.29, 0.717) is 31.6 Å². The highest BCUT2D eigenvalue weighted by atomic mass is 16.6. The molecule has 0 aromatic rings. The molecule has 2 fully saturated rings. The Morgan fingerprint density at radius 1 is 1.33 bits per heavy atom. The maximum atomic E-state index is 10.8. The van der Waals surface area contributed by atoms with Gasteiger partial charge in [0.2, 0.25) is 0 Å². The van der Waals surface area contributed by atoms with Crippen molar-refractivity contribution in [3.63, 3.8) is 0 Å². The zero-order chi connectivity index (χ0) is 10.8. The van der Waals surface area contributed by atoms with Crippen LogP contribution in [0.2, 0.25) is 0 Å². The van der Waals surface area contributed by atoms with Crippen LogP contribution in [0.25, 0.3) is 0 Å². The molecular formula is C10H11NO4. The van der Waals surface area contributed by atoms with E-state index >= 15 is 0 Å². The average molecular weight is 209 g/mol. The number of epoxide rings is 2. The topological polar surface area (TPSA) is 86.2 Å². The van der Waals surface area contributed by atoms with E-state index in [4.69, 9.17) is 19.8 Å². The van der Waals surface area contributed by atoms with Crippen molar-refractivity contribution in [2.45, 2.75) is 25.0 Å². The molecule has 2 atom stereocenters. The summed E-state index contributed by atoms with van der Waals surface area (Å²) >= 11 is 0. The van der Waals surface area contributed by atoms with E-state index in [1.54, 1.807) is 6.07 Å². The van der Waals surface area contributed by atoms with Gasteiger partial charge in [0.05, 0.1) is 25.4 Å². The largest absolute Gasteiger partial charge is 0.477 e. The fraction of sp³-hybridized carbons (Fsp3) is 0.600. The first kappa shape index (κ1) is 10.1. The summed E-state index contributed by atoms with van der Waals surface area (Å²) in [5, 5.41) is 17.6. The van der Waals surface area contributed by atoms with Crippen LogP contribution in [0.15, 0.2) is 11.1 Å². The van der Waals surface area contributed by atoms with E-state index in [1.165, 1.54) is 0 Å². The molecule has 0 aromatic heterocycles. The van der Waals surface area contributed by atoms with Crippen molar-refractivity contribution in [2.24, 2.45) is 0 Å². The monoisotopic (exact) mass is 209 g/mol. The highest BCUT2D eigenvalue weighted by Gasteiger charge is 2.31. The number of carboxylic acid groups (broad SMARTS) is 1. The van der Waals surface area contributed by atoms with E-state index in [-0.39, 0.29) is 17.8 Å². The molecule has 0 bridgehead atoms. The second-order valence-electron chi connectivity index (χ2n) is 3.71. The van der Waals surface area contributed by atoms with Crippen molar-refractivity contribution in [1.82, 2.24) is 0 Å². The van der Waals surface area contributed by atoms with Gasteiger partial charge in [-0.2, -0.15) is 5.26 Å². The summed E-state index contributed by atoms with van der Waals surface area (Å²) < 4.78 is 10.1. The molecule has 2 rings (SSSR count). The van der Waals surface area contributed by atoms with E-state index in [1.807, 2.05) is 0 Å². The molecule has 0 saturated carbocycles. The SMILES string of the molecule is N#CC(C(=O)O)=C(CC1CO1)CC1CO1. The van der Waals surface area contributed by atoms with Crippen LogP contribution in [0.5, 0.6) is 0 Å². The molecule has 2 aliphatic rings. The first-order valence-electron chi connectivity index (χ1n) is 4.79. The summed E-state index contributed by atoms with van der Waals surface area (Å²) in [6.07, 6.45) is 1.27. The maximum absolute atomic E-state index is 10.8. The van der Waals surface area contributed by atoms with Crippen LogP contribution in [-0.4, -0.2) is 36.5 Å². The number of carbonyl (C=O) groups is 1. The van der Waals surface area contributed by atoms with Gasteiger partial charge in [-0.1, -0.05) is 0 Å². The molecule has 0 aromatic carbocycles. The second-order valence-corrected chi connectivity index (χ2v) is 3.71. The van der Waals surface area contributed by atoms with Crippen LogP contribution in [0.4, 0.5) is 0 Å². The summed E-state index contributed by atoms with van der Waals surface area (Å²) in [5.74, 6) is -1.16. The third kappa shape index (κ3) is 2.78. The van der Waals surface area contributed by atoms with E-state index in [9.17, 15) is 4.79 Å².